The molecule has 2 heterocycles. The molecule has 170 valence electrons. The van der Waals surface area contributed by atoms with Gasteiger partial charge >= 0.3 is 0 Å². The van der Waals surface area contributed by atoms with Crippen LogP contribution in [0.15, 0.2) is 59.3 Å². The van der Waals surface area contributed by atoms with Gasteiger partial charge in [-0.15, -0.1) is 0 Å². The Labute approximate surface area is 198 Å². The highest BCUT2D eigenvalue weighted by molar-refractivity contribution is 6.48. The summed E-state index contributed by atoms with van der Waals surface area (Å²) in [7, 11) is 0. The molecule has 0 atom stereocenters. The van der Waals surface area contributed by atoms with Crippen LogP contribution < -0.4 is 5.32 Å². The zero-order valence-corrected chi connectivity index (χ0v) is 19.1. The van der Waals surface area contributed by atoms with Gasteiger partial charge in [0, 0.05) is 30.4 Å². The first-order valence-electron chi connectivity index (χ1n) is 11.5. The van der Waals surface area contributed by atoms with E-state index >= 15 is 0 Å². The van der Waals surface area contributed by atoms with Crippen molar-refractivity contribution in [1.29, 1.82) is 0 Å². The first-order chi connectivity index (χ1) is 16.0. The SMILES string of the molecule is O=C(c1ccc(NC2=C(Cl)C(=O)N(C3CCCCC3)C2=O)cc1)N1CCc2ccccc2C1. The summed E-state index contributed by atoms with van der Waals surface area (Å²) in [6.45, 7) is 1.29. The van der Waals surface area contributed by atoms with Crippen LogP contribution in [0.3, 0.4) is 0 Å². The number of carbonyl (C=O) groups is 3. The minimum Gasteiger partial charge on any atom is -0.350 e. The first-order valence-corrected chi connectivity index (χ1v) is 11.9. The third-order valence-corrected chi connectivity index (χ3v) is 7.17. The molecule has 6 nitrogen and oxygen atoms in total. The molecule has 0 radical (unpaired) electrons. The number of nitrogens with zero attached hydrogens (tertiary/aromatic N) is 2. The van der Waals surface area contributed by atoms with Gasteiger partial charge in [0.15, 0.2) is 0 Å². The molecule has 1 fully saturated rings. The zero-order chi connectivity index (χ0) is 22.9. The molecular weight excluding hydrogens is 438 g/mol. The van der Waals surface area contributed by atoms with E-state index in [0.717, 1.165) is 38.5 Å². The maximum Gasteiger partial charge on any atom is 0.279 e. The summed E-state index contributed by atoms with van der Waals surface area (Å²) in [6.07, 6.45) is 5.66. The van der Waals surface area contributed by atoms with Gasteiger partial charge < -0.3 is 10.2 Å². The van der Waals surface area contributed by atoms with Crippen LogP contribution in [-0.4, -0.2) is 40.1 Å². The molecule has 0 saturated heterocycles. The van der Waals surface area contributed by atoms with E-state index in [4.69, 9.17) is 11.6 Å². The number of nitrogens with one attached hydrogen (secondary N) is 1. The summed E-state index contributed by atoms with van der Waals surface area (Å²) in [4.78, 5) is 41.8. The maximum atomic E-state index is 13.0. The lowest BCUT2D eigenvalue weighted by Crippen LogP contribution is -2.42. The molecule has 1 aliphatic carbocycles. The molecular formula is C26H26ClN3O3. The monoisotopic (exact) mass is 463 g/mol. The Morgan fingerprint density at radius 1 is 0.909 bits per heavy atom. The van der Waals surface area contributed by atoms with Crippen LogP contribution in [-0.2, 0) is 22.6 Å². The first kappa shape index (κ1) is 21.7. The molecule has 5 rings (SSSR count). The third-order valence-electron chi connectivity index (χ3n) is 6.82. The zero-order valence-electron chi connectivity index (χ0n) is 18.4. The van der Waals surface area contributed by atoms with Crippen molar-refractivity contribution in [2.45, 2.75) is 51.1 Å². The predicted molar refractivity (Wildman–Crippen MR) is 127 cm³/mol. The Kier molecular flexibility index (Phi) is 5.94. The summed E-state index contributed by atoms with van der Waals surface area (Å²) in [5.74, 6) is -0.818. The summed E-state index contributed by atoms with van der Waals surface area (Å²) in [5.41, 5.74) is 3.78. The standard InChI is InChI=1S/C26H26ClN3O3/c27-22-23(26(33)30(25(22)32)21-8-2-1-3-9-21)28-20-12-10-18(11-13-20)24(31)29-15-14-17-6-4-5-7-19(17)16-29/h4-7,10-13,21,28H,1-3,8-9,14-16H2. The van der Waals surface area contributed by atoms with Gasteiger partial charge in [0.1, 0.15) is 10.7 Å². The maximum absolute atomic E-state index is 13.0. The highest BCUT2D eigenvalue weighted by Gasteiger charge is 2.42. The molecule has 0 spiro atoms. The second kappa shape index (κ2) is 9.02. The number of halogens is 1. The number of hydrogen-bond donors (Lipinski definition) is 1. The normalized spacial score (nSPS) is 19.2. The molecule has 0 bridgehead atoms. The fourth-order valence-corrected chi connectivity index (χ4v) is 5.21. The molecule has 1 N–H and O–H groups in total. The average Bonchev–Trinajstić information content (AvgIpc) is 3.07. The van der Waals surface area contributed by atoms with Gasteiger partial charge in [-0.25, -0.2) is 0 Å². The lowest BCUT2D eigenvalue weighted by Gasteiger charge is -2.29. The summed E-state index contributed by atoms with van der Waals surface area (Å²) in [5, 5.41) is 2.94. The highest BCUT2D eigenvalue weighted by atomic mass is 35.5. The van der Waals surface area contributed by atoms with Crippen molar-refractivity contribution in [2.24, 2.45) is 0 Å². The summed E-state index contributed by atoms with van der Waals surface area (Å²) < 4.78 is 0. The number of rotatable bonds is 4. The summed E-state index contributed by atoms with van der Waals surface area (Å²) in [6, 6.07) is 15.1. The fraction of sp³-hybridized carbons (Fsp3) is 0.346. The number of amides is 3. The van der Waals surface area contributed by atoms with E-state index in [1.807, 2.05) is 17.0 Å². The van der Waals surface area contributed by atoms with Gasteiger partial charge in [-0.05, 0) is 54.7 Å². The van der Waals surface area contributed by atoms with E-state index in [1.165, 1.54) is 16.0 Å². The lowest BCUT2D eigenvalue weighted by molar-refractivity contribution is -0.140. The number of fused-ring (bicyclic) bond motifs is 1. The Bertz CT molecular complexity index is 1140. The van der Waals surface area contributed by atoms with Crippen LogP contribution in [0.2, 0.25) is 0 Å². The van der Waals surface area contributed by atoms with E-state index in [0.29, 0.717) is 24.3 Å². The van der Waals surface area contributed by atoms with Gasteiger partial charge in [0.05, 0.1) is 0 Å². The van der Waals surface area contributed by atoms with E-state index < -0.39 is 5.91 Å². The van der Waals surface area contributed by atoms with E-state index in [2.05, 4.69) is 17.4 Å². The summed E-state index contributed by atoms with van der Waals surface area (Å²) >= 11 is 6.26. The molecule has 7 heteroatoms. The van der Waals surface area contributed by atoms with Gasteiger partial charge in [-0.3, -0.25) is 19.3 Å². The lowest BCUT2D eigenvalue weighted by atomic mass is 9.94. The van der Waals surface area contributed by atoms with Crippen LogP contribution in [0.1, 0.15) is 53.6 Å². The van der Waals surface area contributed by atoms with Gasteiger partial charge in [-0.2, -0.15) is 0 Å². The fourth-order valence-electron chi connectivity index (χ4n) is 4.99. The Hall–Kier alpha value is -3.12. The molecule has 2 aromatic rings. The predicted octanol–water partition coefficient (Wildman–Crippen LogP) is 4.45. The van der Waals surface area contributed by atoms with Crippen LogP contribution in [0, 0.1) is 0 Å². The van der Waals surface area contributed by atoms with Crippen molar-refractivity contribution in [3.8, 4) is 0 Å². The van der Waals surface area contributed by atoms with Crippen LogP contribution in [0.5, 0.6) is 0 Å². The van der Waals surface area contributed by atoms with E-state index in [1.54, 1.807) is 24.3 Å². The van der Waals surface area contributed by atoms with Gasteiger partial charge in [-0.1, -0.05) is 55.1 Å². The van der Waals surface area contributed by atoms with Crippen molar-refractivity contribution in [3.05, 3.63) is 76.0 Å². The Morgan fingerprint density at radius 3 is 2.33 bits per heavy atom. The minimum absolute atomic E-state index is 0.0242. The van der Waals surface area contributed by atoms with Crippen molar-refractivity contribution < 1.29 is 14.4 Å². The second-order valence-corrected chi connectivity index (χ2v) is 9.29. The van der Waals surface area contributed by atoms with Gasteiger partial charge in [0.25, 0.3) is 17.7 Å². The van der Waals surface area contributed by atoms with Crippen molar-refractivity contribution in [2.75, 3.05) is 11.9 Å². The number of carbonyl (C=O) groups excluding carboxylic acids is 3. The second-order valence-electron chi connectivity index (χ2n) is 8.91. The van der Waals surface area contributed by atoms with Crippen LogP contribution >= 0.6 is 11.6 Å². The Balaban J connectivity index is 1.27. The average molecular weight is 464 g/mol. The van der Waals surface area contributed by atoms with E-state index in [-0.39, 0.29) is 28.6 Å². The highest BCUT2D eigenvalue weighted by Crippen LogP contribution is 2.32. The largest absolute Gasteiger partial charge is 0.350 e. The third kappa shape index (κ3) is 4.15. The topological polar surface area (TPSA) is 69.7 Å². The molecule has 0 aromatic heterocycles. The van der Waals surface area contributed by atoms with Crippen molar-refractivity contribution in [3.63, 3.8) is 0 Å². The molecule has 1 saturated carbocycles. The van der Waals surface area contributed by atoms with Crippen molar-refractivity contribution in [1.82, 2.24) is 9.80 Å². The van der Waals surface area contributed by atoms with Gasteiger partial charge in [0.2, 0.25) is 0 Å². The molecule has 3 amide bonds. The number of benzene rings is 2. The van der Waals surface area contributed by atoms with E-state index in [9.17, 15) is 14.4 Å². The molecule has 2 aromatic carbocycles. The number of hydrogen-bond acceptors (Lipinski definition) is 4. The number of imide groups is 1. The quantitative estimate of drug-likeness (QED) is 0.680. The number of anilines is 1. The van der Waals surface area contributed by atoms with Crippen LogP contribution in [0.25, 0.3) is 0 Å². The molecule has 3 aliphatic rings. The minimum atomic E-state index is -0.423. The molecule has 33 heavy (non-hydrogen) atoms. The molecule has 0 unspecified atom stereocenters. The van der Waals surface area contributed by atoms with Crippen molar-refractivity contribution >= 4 is 35.0 Å². The molecule has 2 aliphatic heterocycles. The van der Waals surface area contributed by atoms with Crippen LogP contribution in [0.4, 0.5) is 5.69 Å². The smallest absolute Gasteiger partial charge is 0.279 e. The Morgan fingerprint density at radius 2 is 1.61 bits per heavy atom.